The second-order valence-corrected chi connectivity index (χ2v) is 11.7. The van der Waals surface area contributed by atoms with Crippen molar-refractivity contribution in [3.8, 4) is 0 Å². The zero-order valence-corrected chi connectivity index (χ0v) is 14.6. The molecule has 0 radical (unpaired) electrons. The van der Waals surface area contributed by atoms with Crippen molar-refractivity contribution in [3.63, 3.8) is 0 Å². The van der Waals surface area contributed by atoms with Gasteiger partial charge < -0.3 is 4.43 Å². The molecule has 2 heteroatoms. The molecule has 1 nitrogen and oxygen atoms in total. The Hall–Kier alpha value is -0.343. The zero-order chi connectivity index (χ0) is 14.6. The lowest BCUT2D eigenvalue weighted by molar-refractivity contribution is 0.241. The summed E-state index contributed by atoms with van der Waals surface area (Å²) in [6.07, 6.45) is 5.42. The molecule has 0 aromatic heterocycles. The van der Waals surface area contributed by atoms with Gasteiger partial charge in [-0.1, -0.05) is 52.3 Å². The van der Waals surface area contributed by atoms with Crippen molar-refractivity contribution < 1.29 is 4.43 Å². The van der Waals surface area contributed by atoms with Gasteiger partial charge in [0.2, 0.25) is 0 Å². The van der Waals surface area contributed by atoms with E-state index in [9.17, 15) is 0 Å². The molecular weight excluding hydrogens is 236 g/mol. The first-order valence-corrected chi connectivity index (χ1v) is 9.91. The van der Waals surface area contributed by atoms with E-state index in [2.05, 4.69) is 67.3 Å². The van der Waals surface area contributed by atoms with Crippen LogP contribution >= 0.6 is 0 Å². The molecule has 0 aliphatic carbocycles. The van der Waals surface area contributed by atoms with Gasteiger partial charge in [0.25, 0.3) is 0 Å². The monoisotopic (exact) mass is 268 g/mol. The Kier molecular flexibility index (Phi) is 6.59. The van der Waals surface area contributed by atoms with Gasteiger partial charge in [-0.2, -0.15) is 0 Å². The summed E-state index contributed by atoms with van der Waals surface area (Å²) in [6, 6.07) is 0. The predicted octanol–water partition coefficient (Wildman–Crippen LogP) is 5.56. The van der Waals surface area contributed by atoms with Gasteiger partial charge in [-0.05, 0) is 37.4 Å². The van der Waals surface area contributed by atoms with Crippen LogP contribution in [0.5, 0.6) is 0 Å². The van der Waals surface area contributed by atoms with E-state index in [1.807, 2.05) is 6.08 Å². The molecule has 18 heavy (non-hydrogen) atoms. The first kappa shape index (κ1) is 17.7. The fraction of sp³-hybridized carbons (Fsp3) is 0.750. The molecule has 0 aliphatic rings. The van der Waals surface area contributed by atoms with Crippen LogP contribution in [-0.2, 0) is 4.43 Å². The highest BCUT2D eigenvalue weighted by atomic mass is 28.4. The van der Waals surface area contributed by atoms with E-state index in [1.54, 1.807) is 0 Å². The Morgan fingerprint density at radius 2 is 1.72 bits per heavy atom. The van der Waals surface area contributed by atoms with Crippen LogP contribution in [0.1, 0.15) is 48.0 Å². The van der Waals surface area contributed by atoms with Crippen LogP contribution in [-0.4, -0.2) is 14.4 Å². The zero-order valence-electron chi connectivity index (χ0n) is 13.6. The maximum Gasteiger partial charge on any atom is 0.192 e. The van der Waals surface area contributed by atoms with E-state index < -0.39 is 8.32 Å². The highest BCUT2D eigenvalue weighted by Gasteiger charge is 2.38. The van der Waals surface area contributed by atoms with E-state index in [0.717, 1.165) is 6.42 Å². The van der Waals surface area contributed by atoms with Crippen LogP contribution in [0, 0.1) is 5.92 Å². The molecule has 0 spiro atoms. The summed E-state index contributed by atoms with van der Waals surface area (Å²) in [7, 11) is -1.66. The van der Waals surface area contributed by atoms with Crippen LogP contribution in [0.15, 0.2) is 24.3 Å². The van der Waals surface area contributed by atoms with Gasteiger partial charge in [0.05, 0.1) is 6.10 Å². The minimum absolute atomic E-state index is 0.197. The maximum atomic E-state index is 6.36. The topological polar surface area (TPSA) is 9.23 Å². The van der Waals surface area contributed by atoms with Crippen molar-refractivity contribution >= 4 is 8.32 Å². The van der Waals surface area contributed by atoms with Crippen LogP contribution in [0.25, 0.3) is 0 Å². The molecule has 0 saturated carbocycles. The minimum Gasteiger partial charge on any atom is -0.411 e. The third-order valence-electron chi connectivity index (χ3n) is 3.86. The molecule has 0 amide bonds. The normalized spacial score (nSPS) is 15.9. The van der Waals surface area contributed by atoms with Crippen molar-refractivity contribution in [3.05, 3.63) is 24.3 Å². The Labute approximate surface area is 115 Å². The van der Waals surface area contributed by atoms with Gasteiger partial charge in [-0.15, -0.1) is 6.58 Å². The molecule has 106 valence electrons. The number of allylic oxidation sites excluding steroid dienone is 2. The Morgan fingerprint density at radius 3 is 2.06 bits per heavy atom. The molecule has 1 unspecified atom stereocenters. The van der Waals surface area contributed by atoms with Gasteiger partial charge >= 0.3 is 0 Å². The Balaban J connectivity index is 4.81. The second-order valence-electron chi connectivity index (χ2n) is 6.97. The molecule has 0 saturated heterocycles. The highest BCUT2D eigenvalue weighted by Crippen LogP contribution is 2.37. The molecule has 0 heterocycles. The molecule has 0 aliphatic heterocycles. The van der Waals surface area contributed by atoms with E-state index in [4.69, 9.17) is 4.43 Å². The van der Waals surface area contributed by atoms with Crippen LogP contribution in [0.4, 0.5) is 0 Å². The summed E-state index contributed by atoms with van der Waals surface area (Å²) in [5.41, 5.74) is 1.43. The average molecular weight is 269 g/mol. The van der Waals surface area contributed by atoms with E-state index in [0.29, 0.717) is 5.92 Å². The summed E-state index contributed by atoms with van der Waals surface area (Å²) in [4.78, 5) is 0. The van der Waals surface area contributed by atoms with Gasteiger partial charge in [0.1, 0.15) is 0 Å². The predicted molar refractivity (Wildman–Crippen MR) is 85.5 cm³/mol. The average Bonchev–Trinajstić information content (AvgIpc) is 2.13. The molecule has 0 rings (SSSR count). The first-order chi connectivity index (χ1) is 8.01. The molecular formula is C16H32OSi. The lowest BCUT2D eigenvalue weighted by atomic mass is 9.98. The van der Waals surface area contributed by atoms with Crippen molar-refractivity contribution in [1.29, 1.82) is 0 Å². The molecule has 1 atom stereocenters. The summed E-state index contributed by atoms with van der Waals surface area (Å²) < 4.78 is 6.36. The van der Waals surface area contributed by atoms with Crippen molar-refractivity contribution in [2.45, 2.75) is 72.2 Å². The standard InChI is InChI=1S/C16H32OSi/c1-10-11-15(13(2)3)12-14(4)17-18(8,9)16(5,6)7/h10,12-14H,1,11H2,2-9H3/b15-12+. The van der Waals surface area contributed by atoms with Crippen molar-refractivity contribution in [2.75, 3.05) is 0 Å². The van der Waals surface area contributed by atoms with Gasteiger partial charge in [-0.25, -0.2) is 0 Å². The van der Waals surface area contributed by atoms with Crippen LogP contribution < -0.4 is 0 Å². The fourth-order valence-electron chi connectivity index (χ4n) is 1.64. The molecule has 0 N–H and O–H groups in total. The highest BCUT2D eigenvalue weighted by molar-refractivity contribution is 6.74. The van der Waals surface area contributed by atoms with E-state index in [-0.39, 0.29) is 11.1 Å². The van der Waals surface area contributed by atoms with Crippen molar-refractivity contribution in [2.24, 2.45) is 5.92 Å². The van der Waals surface area contributed by atoms with Crippen LogP contribution in [0.3, 0.4) is 0 Å². The summed E-state index contributed by atoms with van der Waals surface area (Å²) in [5.74, 6) is 0.563. The molecule has 0 fully saturated rings. The minimum atomic E-state index is -1.66. The first-order valence-electron chi connectivity index (χ1n) is 7.00. The fourth-order valence-corrected chi connectivity index (χ4v) is 2.99. The summed E-state index contributed by atoms with van der Waals surface area (Å²) >= 11 is 0. The maximum absolute atomic E-state index is 6.36. The summed E-state index contributed by atoms with van der Waals surface area (Å²) in [5, 5.41) is 0.269. The molecule has 0 aromatic carbocycles. The number of rotatable bonds is 6. The van der Waals surface area contributed by atoms with Gasteiger partial charge in [0.15, 0.2) is 8.32 Å². The quantitative estimate of drug-likeness (QED) is 0.453. The largest absolute Gasteiger partial charge is 0.411 e. The lowest BCUT2D eigenvalue weighted by Gasteiger charge is -2.38. The van der Waals surface area contributed by atoms with Gasteiger partial charge in [0, 0.05) is 0 Å². The van der Waals surface area contributed by atoms with E-state index in [1.165, 1.54) is 5.57 Å². The summed E-state index contributed by atoms with van der Waals surface area (Å²) in [6.45, 7) is 21.9. The second kappa shape index (κ2) is 6.72. The van der Waals surface area contributed by atoms with Crippen LogP contribution in [0.2, 0.25) is 18.1 Å². The number of hydrogen-bond acceptors (Lipinski definition) is 1. The van der Waals surface area contributed by atoms with E-state index >= 15 is 0 Å². The molecule has 0 bridgehead atoms. The third-order valence-corrected chi connectivity index (χ3v) is 8.43. The van der Waals surface area contributed by atoms with Crippen molar-refractivity contribution in [1.82, 2.24) is 0 Å². The smallest absolute Gasteiger partial charge is 0.192 e. The van der Waals surface area contributed by atoms with Gasteiger partial charge in [-0.3, -0.25) is 0 Å². The number of hydrogen-bond donors (Lipinski definition) is 0. The lowest BCUT2D eigenvalue weighted by Crippen LogP contribution is -2.43. The third kappa shape index (κ3) is 5.53. The Morgan fingerprint density at radius 1 is 1.22 bits per heavy atom. The SMILES string of the molecule is C=CC/C(=C\C(C)O[Si](C)(C)C(C)(C)C)C(C)C. The Bertz CT molecular complexity index is 295. The molecule has 0 aromatic rings.